The maximum absolute atomic E-state index is 12.3. The third-order valence-electron chi connectivity index (χ3n) is 3.73. The second kappa shape index (κ2) is 9.17. The smallest absolute Gasteiger partial charge is 0.289 e. The molecule has 1 amide bonds. The average Bonchev–Trinajstić information content (AvgIpc) is 3.19. The summed E-state index contributed by atoms with van der Waals surface area (Å²) in [7, 11) is 0. The number of carbonyl (C=O) groups is 1. The fourth-order valence-corrected chi connectivity index (χ4v) is 4.71. The molecule has 2 heterocycles. The zero-order valence-electron chi connectivity index (χ0n) is 14.6. The van der Waals surface area contributed by atoms with E-state index in [1.54, 1.807) is 18.2 Å². The van der Waals surface area contributed by atoms with Crippen molar-refractivity contribution < 1.29 is 9.78 Å². The summed E-state index contributed by atoms with van der Waals surface area (Å²) in [5, 5.41) is 25.0. The van der Waals surface area contributed by atoms with Crippen molar-refractivity contribution in [2.24, 2.45) is 0 Å². The minimum atomic E-state index is -0.314. The van der Waals surface area contributed by atoms with E-state index in [1.165, 1.54) is 11.3 Å². The van der Waals surface area contributed by atoms with Gasteiger partial charge in [0.25, 0.3) is 5.82 Å². The van der Waals surface area contributed by atoms with Crippen molar-refractivity contribution in [3.05, 3.63) is 56.9 Å². The number of nitrogens with one attached hydrogen (secondary N) is 2. The summed E-state index contributed by atoms with van der Waals surface area (Å²) in [5.41, 5.74) is 7.40. The van der Waals surface area contributed by atoms with Gasteiger partial charge < -0.3 is 5.32 Å². The summed E-state index contributed by atoms with van der Waals surface area (Å²) in [5.74, 6) is -0.171. The fourth-order valence-electron chi connectivity index (χ4n) is 2.58. The number of nitriles is 2. The van der Waals surface area contributed by atoms with Crippen molar-refractivity contribution >= 4 is 63.7 Å². The molecule has 0 aliphatic carbocycles. The standard InChI is InChI=1S/C19H11Cl2N5OS2/c20-10-4-11(21)6-12(5-10)25-16(27)9-29-19-14(8-23)17(15-2-1-3-28-15)13(7-22)18(24)26-19/h1-6H,9H2,(H2,24,26)(H,25,27)/p+1. The Morgan fingerprint density at radius 3 is 2.48 bits per heavy atom. The van der Waals surface area contributed by atoms with Crippen LogP contribution in [0.4, 0.5) is 11.5 Å². The van der Waals surface area contributed by atoms with Crippen molar-refractivity contribution in [1.29, 1.82) is 10.5 Å². The van der Waals surface area contributed by atoms with Crippen LogP contribution >= 0.6 is 46.3 Å². The van der Waals surface area contributed by atoms with Gasteiger partial charge in [-0.2, -0.15) is 10.5 Å². The number of amides is 1. The van der Waals surface area contributed by atoms with Crippen LogP contribution in [0.5, 0.6) is 0 Å². The quantitative estimate of drug-likeness (QED) is 0.539. The zero-order chi connectivity index (χ0) is 21.0. The van der Waals surface area contributed by atoms with Crippen LogP contribution in [0.1, 0.15) is 11.1 Å². The van der Waals surface area contributed by atoms with Crippen LogP contribution < -0.4 is 16.0 Å². The molecular weight excluding hydrogens is 449 g/mol. The number of nitrogen functional groups attached to an aromatic ring is 1. The highest BCUT2D eigenvalue weighted by molar-refractivity contribution is 7.99. The summed E-state index contributed by atoms with van der Waals surface area (Å²) >= 11 is 14.4. The summed E-state index contributed by atoms with van der Waals surface area (Å²) < 4.78 is 0. The van der Waals surface area contributed by atoms with Crippen molar-refractivity contribution in [2.75, 3.05) is 16.8 Å². The first-order chi connectivity index (χ1) is 13.9. The van der Waals surface area contributed by atoms with Crippen LogP contribution in [0.2, 0.25) is 10.0 Å². The first-order valence-electron chi connectivity index (χ1n) is 8.04. The minimum absolute atomic E-state index is 0.00450. The number of aromatic amines is 1. The van der Waals surface area contributed by atoms with Crippen LogP contribution in [-0.2, 0) is 4.79 Å². The molecule has 144 valence electrons. The summed E-state index contributed by atoms with van der Waals surface area (Å²) in [6.07, 6.45) is 0. The number of nitrogens with zero attached hydrogens (tertiary/aromatic N) is 2. The highest BCUT2D eigenvalue weighted by atomic mass is 35.5. The predicted octanol–water partition coefficient (Wildman–Crippen LogP) is 4.59. The van der Waals surface area contributed by atoms with Gasteiger partial charge in [-0.3, -0.25) is 10.5 Å². The molecule has 0 fully saturated rings. The van der Waals surface area contributed by atoms with Crippen molar-refractivity contribution in [3.63, 3.8) is 0 Å². The van der Waals surface area contributed by atoms with Crippen LogP contribution in [0.3, 0.4) is 0 Å². The second-order valence-corrected chi connectivity index (χ2v) is 8.49. The van der Waals surface area contributed by atoms with Crippen LogP contribution in [0.25, 0.3) is 10.4 Å². The Morgan fingerprint density at radius 2 is 1.90 bits per heavy atom. The number of hydrogen-bond donors (Lipinski definition) is 2. The summed E-state index contributed by atoms with van der Waals surface area (Å²) in [6.45, 7) is 0. The van der Waals surface area contributed by atoms with E-state index in [0.717, 1.165) is 16.6 Å². The van der Waals surface area contributed by atoms with E-state index in [1.807, 2.05) is 23.6 Å². The van der Waals surface area contributed by atoms with Gasteiger partial charge in [0, 0.05) is 26.2 Å². The molecule has 0 atom stereocenters. The van der Waals surface area contributed by atoms with E-state index in [0.29, 0.717) is 26.3 Å². The highest BCUT2D eigenvalue weighted by Gasteiger charge is 2.24. The van der Waals surface area contributed by atoms with Gasteiger partial charge in [0.1, 0.15) is 17.7 Å². The van der Waals surface area contributed by atoms with Gasteiger partial charge in [-0.05, 0) is 29.6 Å². The molecule has 29 heavy (non-hydrogen) atoms. The van der Waals surface area contributed by atoms with E-state index >= 15 is 0 Å². The Morgan fingerprint density at radius 1 is 1.21 bits per heavy atom. The number of thioether (sulfide) groups is 1. The number of rotatable bonds is 5. The molecule has 0 saturated carbocycles. The van der Waals surface area contributed by atoms with Gasteiger partial charge in [0.15, 0.2) is 10.6 Å². The van der Waals surface area contributed by atoms with Gasteiger partial charge >= 0.3 is 0 Å². The fraction of sp³-hybridized carbons (Fsp3) is 0.0526. The number of anilines is 2. The normalized spacial score (nSPS) is 10.2. The van der Waals surface area contributed by atoms with Gasteiger partial charge in [0.05, 0.1) is 5.75 Å². The molecule has 0 saturated heterocycles. The summed E-state index contributed by atoms with van der Waals surface area (Å²) in [4.78, 5) is 15.9. The number of pyridine rings is 1. The maximum Gasteiger partial charge on any atom is 0.289 e. The molecular formula is C19H12Cl2N5OS2+. The lowest BCUT2D eigenvalue weighted by molar-refractivity contribution is -0.410. The van der Waals surface area contributed by atoms with Crippen molar-refractivity contribution in [2.45, 2.75) is 5.03 Å². The highest BCUT2D eigenvalue weighted by Crippen LogP contribution is 2.36. The molecule has 1 aromatic carbocycles. The molecule has 4 N–H and O–H groups in total. The van der Waals surface area contributed by atoms with E-state index in [9.17, 15) is 15.3 Å². The van der Waals surface area contributed by atoms with Crippen LogP contribution in [0.15, 0.2) is 40.7 Å². The molecule has 2 aromatic heterocycles. The third kappa shape index (κ3) is 4.81. The first-order valence-corrected chi connectivity index (χ1v) is 10.7. The molecule has 3 rings (SSSR count). The maximum atomic E-state index is 12.3. The Kier molecular flexibility index (Phi) is 6.63. The molecule has 10 heteroatoms. The molecule has 0 unspecified atom stereocenters. The van der Waals surface area contributed by atoms with E-state index < -0.39 is 0 Å². The third-order valence-corrected chi connectivity index (χ3v) is 6.05. The predicted molar refractivity (Wildman–Crippen MR) is 116 cm³/mol. The number of hydrogen-bond acceptors (Lipinski definition) is 6. The molecule has 0 radical (unpaired) electrons. The van der Waals surface area contributed by atoms with Gasteiger partial charge in [-0.25, -0.2) is 4.98 Å². The number of carbonyl (C=O) groups excluding carboxylic acids is 1. The first kappa shape index (κ1) is 21.0. The molecule has 6 nitrogen and oxygen atoms in total. The van der Waals surface area contributed by atoms with Gasteiger partial charge in [0.2, 0.25) is 5.91 Å². The monoisotopic (exact) mass is 460 g/mol. The topological polar surface area (TPSA) is 117 Å². The van der Waals surface area contributed by atoms with E-state index in [-0.39, 0.29) is 28.6 Å². The van der Waals surface area contributed by atoms with Crippen LogP contribution in [-0.4, -0.2) is 11.7 Å². The van der Waals surface area contributed by atoms with Gasteiger partial charge in [-0.15, -0.1) is 11.3 Å². The Balaban J connectivity index is 1.87. The van der Waals surface area contributed by atoms with Crippen LogP contribution in [0, 0.1) is 22.7 Å². The van der Waals surface area contributed by atoms with Crippen molar-refractivity contribution in [3.8, 4) is 22.6 Å². The lowest BCUT2D eigenvalue weighted by Gasteiger charge is -2.09. The number of halogens is 2. The molecule has 0 bridgehead atoms. The molecule has 0 spiro atoms. The minimum Gasteiger partial charge on any atom is -0.325 e. The lowest BCUT2D eigenvalue weighted by atomic mass is 10.0. The van der Waals surface area contributed by atoms with Crippen molar-refractivity contribution in [1.82, 2.24) is 0 Å². The number of benzene rings is 1. The Bertz CT molecular complexity index is 1150. The van der Waals surface area contributed by atoms with E-state index in [4.69, 9.17) is 28.9 Å². The second-order valence-electron chi connectivity index (χ2n) is 5.69. The summed E-state index contributed by atoms with van der Waals surface area (Å²) in [6, 6.07) is 12.5. The molecule has 0 aliphatic rings. The number of nitrogens with two attached hydrogens (primary N) is 1. The number of thiophene rings is 1. The largest absolute Gasteiger partial charge is 0.325 e. The molecule has 0 aliphatic heterocycles. The Hall–Kier alpha value is -2.75. The lowest BCUT2D eigenvalue weighted by Crippen LogP contribution is -2.20. The number of H-pyrrole nitrogens is 1. The number of aromatic nitrogens is 1. The average molecular weight is 461 g/mol. The Labute approximate surface area is 184 Å². The zero-order valence-corrected chi connectivity index (χ0v) is 17.8. The molecule has 3 aromatic rings. The van der Waals surface area contributed by atoms with E-state index in [2.05, 4.69) is 16.4 Å². The SMILES string of the molecule is N#Cc1c(N)[nH+]c(SCC(=O)Nc2cc(Cl)cc(Cl)c2)c(C#N)c1-c1cccs1. The van der Waals surface area contributed by atoms with Gasteiger partial charge in [-0.1, -0.05) is 41.0 Å².